The van der Waals surface area contributed by atoms with Gasteiger partial charge in [-0.25, -0.2) is 0 Å². The average molecular weight is 290 g/mol. The molecular formula is C17H26N2O2. The number of para-hydroxylation sites is 1. The fourth-order valence-electron chi connectivity index (χ4n) is 2.98. The molecule has 0 bridgehead atoms. The molecule has 21 heavy (non-hydrogen) atoms. The molecule has 0 spiro atoms. The summed E-state index contributed by atoms with van der Waals surface area (Å²) in [5.41, 5.74) is 1.01. The smallest absolute Gasteiger partial charge is 0.237 e. The van der Waals surface area contributed by atoms with Gasteiger partial charge in [-0.15, -0.1) is 0 Å². The molecule has 1 amide bonds. The van der Waals surface area contributed by atoms with Crippen LogP contribution in [0.2, 0.25) is 0 Å². The second-order valence-corrected chi connectivity index (χ2v) is 5.78. The van der Waals surface area contributed by atoms with E-state index in [-0.39, 0.29) is 18.0 Å². The maximum absolute atomic E-state index is 12.4. The first-order chi connectivity index (χ1) is 10.2. The summed E-state index contributed by atoms with van der Waals surface area (Å²) in [6.07, 6.45) is 3.25. The summed E-state index contributed by atoms with van der Waals surface area (Å²) >= 11 is 0. The number of rotatable bonds is 5. The number of nitrogens with one attached hydrogen (secondary N) is 2. The molecule has 1 saturated heterocycles. The van der Waals surface area contributed by atoms with E-state index < -0.39 is 0 Å². The van der Waals surface area contributed by atoms with Crippen molar-refractivity contribution in [2.24, 2.45) is 5.92 Å². The van der Waals surface area contributed by atoms with Crippen molar-refractivity contribution >= 4 is 5.91 Å². The fraction of sp³-hybridized carbons (Fsp3) is 0.588. The van der Waals surface area contributed by atoms with Crippen LogP contribution in [0.1, 0.15) is 44.7 Å². The Morgan fingerprint density at radius 3 is 2.95 bits per heavy atom. The van der Waals surface area contributed by atoms with E-state index in [1.807, 2.05) is 31.2 Å². The second-order valence-electron chi connectivity index (χ2n) is 5.78. The SMILES string of the molecule is CCC1CCNC(C(=O)NC(C)c2ccccc2OC)C1. The number of benzene rings is 1. The number of hydrogen-bond donors (Lipinski definition) is 2. The van der Waals surface area contributed by atoms with Gasteiger partial charge in [0.15, 0.2) is 0 Å². The lowest BCUT2D eigenvalue weighted by Crippen LogP contribution is -2.49. The molecule has 1 aliphatic rings. The largest absolute Gasteiger partial charge is 0.496 e. The molecule has 4 heteroatoms. The maximum atomic E-state index is 12.4. The Morgan fingerprint density at radius 2 is 2.24 bits per heavy atom. The van der Waals surface area contributed by atoms with E-state index in [0.717, 1.165) is 30.7 Å². The highest BCUT2D eigenvalue weighted by Gasteiger charge is 2.27. The molecular weight excluding hydrogens is 264 g/mol. The molecule has 1 fully saturated rings. The minimum absolute atomic E-state index is 0.0579. The van der Waals surface area contributed by atoms with E-state index in [2.05, 4.69) is 17.6 Å². The summed E-state index contributed by atoms with van der Waals surface area (Å²) in [6, 6.07) is 7.69. The summed E-state index contributed by atoms with van der Waals surface area (Å²) in [5.74, 6) is 1.56. The molecule has 116 valence electrons. The predicted octanol–water partition coefficient (Wildman–Crippen LogP) is 2.65. The number of methoxy groups -OCH3 is 1. The monoisotopic (exact) mass is 290 g/mol. The highest BCUT2D eigenvalue weighted by molar-refractivity contribution is 5.82. The molecule has 2 rings (SSSR count). The minimum Gasteiger partial charge on any atom is -0.496 e. The van der Waals surface area contributed by atoms with Crippen LogP contribution in [-0.2, 0) is 4.79 Å². The third-order valence-corrected chi connectivity index (χ3v) is 4.37. The molecule has 3 atom stereocenters. The van der Waals surface area contributed by atoms with Crippen LogP contribution in [0.4, 0.5) is 0 Å². The first-order valence-electron chi connectivity index (χ1n) is 7.82. The summed E-state index contributed by atoms with van der Waals surface area (Å²) in [4.78, 5) is 12.4. The van der Waals surface area contributed by atoms with Crippen LogP contribution in [0.15, 0.2) is 24.3 Å². The molecule has 1 aliphatic heterocycles. The number of amides is 1. The van der Waals surface area contributed by atoms with E-state index in [0.29, 0.717) is 5.92 Å². The van der Waals surface area contributed by atoms with Gasteiger partial charge in [0.1, 0.15) is 5.75 Å². The van der Waals surface area contributed by atoms with E-state index in [1.54, 1.807) is 7.11 Å². The molecule has 2 N–H and O–H groups in total. The predicted molar refractivity (Wildman–Crippen MR) is 84.4 cm³/mol. The molecule has 1 heterocycles. The highest BCUT2D eigenvalue weighted by Crippen LogP contribution is 2.25. The molecule has 0 aliphatic carbocycles. The van der Waals surface area contributed by atoms with Crippen molar-refractivity contribution < 1.29 is 9.53 Å². The Hall–Kier alpha value is -1.55. The van der Waals surface area contributed by atoms with E-state index in [4.69, 9.17) is 4.74 Å². The van der Waals surface area contributed by atoms with Crippen LogP contribution in [0, 0.1) is 5.92 Å². The van der Waals surface area contributed by atoms with Gasteiger partial charge in [0.05, 0.1) is 19.2 Å². The van der Waals surface area contributed by atoms with Crippen molar-refractivity contribution in [3.05, 3.63) is 29.8 Å². The van der Waals surface area contributed by atoms with E-state index >= 15 is 0 Å². The average Bonchev–Trinajstić information content (AvgIpc) is 2.54. The minimum atomic E-state index is -0.0687. The van der Waals surface area contributed by atoms with Gasteiger partial charge in [-0.1, -0.05) is 31.5 Å². The normalized spacial score (nSPS) is 23.4. The lowest BCUT2D eigenvalue weighted by molar-refractivity contribution is -0.124. The van der Waals surface area contributed by atoms with Crippen molar-refractivity contribution in [2.45, 2.75) is 45.2 Å². The van der Waals surface area contributed by atoms with Crippen LogP contribution in [-0.4, -0.2) is 25.6 Å². The number of carbonyl (C=O) groups is 1. The Labute approximate surface area is 127 Å². The van der Waals surface area contributed by atoms with Crippen molar-refractivity contribution in [1.29, 1.82) is 0 Å². The Kier molecular flexibility index (Phi) is 5.62. The van der Waals surface area contributed by atoms with Crippen LogP contribution in [0.25, 0.3) is 0 Å². The molecule has 0 saturated carbocycles. The quantitative estimate of drug-likeness (QED) is 0.876. The number of hydrogen-bond acceptors (Lipinski definition) is 3. The third-order valence-electron chi connectivity index (χ3n) is 4.37. The number of carbonyl (C=O) groups excluding carboxylic acids is 1. The van der Waals surface area contributed by atoms with Crippen LogP contribution in [0.5, 0.6) is 5.75 Å². The van der Waals surface area contributed by atoms with Gasteiger partial charge in [-0.3, -0.25) is 4.79 Å². The van der Waals surface area contributed by atoms with Gasteiger partial charge in [-0.05, 0) is 38.3 Å². The molecule has 0 aromatic heterocycles. The Morgan fingerprint density at radius 1 is 1.48 bits per heavy atom. The lowest BCUT2D eigenvalue weighted by atomic mass is 9.90. The highest BCUT2D eigenvalue weighted by atomic mass is 16.5. The summed E-state index contributed by atoms with van der Waals surface area (Å²) in [7, 11) is 1.65. The Bertz CT molecular complexity index is 476. The first-order valence-corrected chi connectivity index (χ1v) is 7.82. The standard InChI is InChI=1S/C17H26N2O2/c1-4-13-9-10-18-15(11-13)17(20)19-12(2)14-7-5-6-8-16(14)21-3/h5-8,12-13,15,18H,4,9-11H2,1-3H3,(H,19,20). The van der Waals surface area contributed by atoms with E-state index in [9.17, 15) is 4.79 Å². The zero-order valence-electron chi connectivity index (χ0n) is 13.2. The summed E-state index contributed by atoms with van der Waals surface area (Å²) in [6.45, 7) is 5.12. The topological polar surface area (TPSA) is 50.4 Å². The molecule has 1 aromatic rings. The van der Waals surface area contributed by atoms with Crippen LogP contribution in [0.3, 0.4) is 0 Å². The van der Waals surface area contributed by atoms with Gasteiger partial charge < -0.3 is 15.4 Å². The van der Waals surface area contributed by atoms with Crippen molar-refractivity contribution in [2.75, 3.05) is 13.7 Å². The molecule has 1 aromatic carbocycles. The van der Waals surface area contributed by atoms with E-state index in [1.165, 1.54) is 6.42 Å². The van der Waals surface area contributed by atoms with Crippen LogP contribution >= 0.6 is 0 Å². The second kappa shape index (κ2) is 7.46. The number of piperidine rings is 1. The van der Waals surface area contributed by atoms with Crippen molar-refractivity contribution in [3.8, 4) is 5.75 Å². The van der Waals surface area contributed by atoms with Gasteiger partial charge in [-0.2, -0.15) is 0 Å². The van der Waals surface area contributed by atoms with Crippen molar-refractivity contribution in [3.63, 3.8) is 0 Å². The molecule has 0 radical (unpaired) electrons. The fourth-order valence-corrected chi connectivity index (χ4v) is 2.98. The van der Waals surface area contributed by atoms with Crippen LogP contribution < -0.4 is 15.4 Å². The molecule has 4 nitrogen and oxygen atoms in total. The summed E-state index contributed by atoms with van der Waals surface area (Å²) < 4.78 is 5.36. The van der Waals surface area contributed by atoms with Gasteiger partial charge in [0.25, 0.3) is 0 Å². The lowest BCUT2D eigenvalue weighted by Gasteiger charge is -2.30. The Balaban J connectivity index is 1.98. The summed E-state index contributed by atoms with van der Waals surface area (Å²) in [5, 5.41) is 6.43. The number of ether oxygens (including phenoxy) is 1. The van der Waals surface area contributed by atoms with Gasteiger partial charge in [0.2, 0.25) is 5.91 Å². The molecule has 3 unspecified atom stereocenters. The van der Waals surface area contributed by atoms with Crippen molar-refractivity contribution in [1.82, 2.24) is 10.6 Å². The maximum Gasteiger partial charge on any atom is 0.237 e. The zero-order chi connectivity index (χ0) is 15.2. The van der Waals surface area contributed by atoms with Gasteiger partial charge >= 0.3 is 0 Å². The zero-order valence-corrected chi connectivity index (χ0v) is 13.2. The third kappa shape index (κ3) is 3.97. The van der Waals surface area contributed by atoms with Gasteiger partial charge in [0, 0.05) is 5.56 Å². The first kappa shape index (κ1) is 15.8.